The summed E-state index contributed by atoms with van der Waals surface area (Å²) < 4.78 is 5.25. The van der Waals surface area contributed by atoms with Crippen LogP contribution in [-0.2, 0) is 9.53 Å². The molecule has 0 spiro atoms. The molecule has 1 N–H and O–H groups in total. The molecule has 16 heavy (non-hydrogen) atoms. The van der Waals surface area contributed by atoms with Crippen molar-refractivity contribution in [1.29, 1.82) is 5.26 Å². The molecule has 1 saturated carbocycles. The van der Waals surface area contributed by atoms with Crippen molar-refractivity contribution < 1.29 is 9.53 Å². The fraction of sp³-hybridized carbons (Fsp3) is 0.833. The molecule has 0 aromatic heterocycles. The Hall–Kier alpha value is -1.08. The van der Waals surface area contributed by atoms with Gasteiger partial charge in [-0.3, -0.25) is 4.79 Å². The zero-order chi connectivity index (χ0) is 11.7. The van der Waals surface area contributed by atoms with Crippen LogP contribution in [0, 0.1) is 29.1 Å². The molecule has 0 radical (unpaired) electrons. The maximum atomic E-state index is 10.9. The molecule has 2 saturated heterocycles. The summed E-state index contributed by atoms with van der Waals surface area (Å²) >= 11 is 0. The summed E-state index contributed by atoms with van der Waals surface area (Å²) in [7, 11) is 0. The van der Waals surface area contributed by atoms with Crippen molar-refractivity contribution in [2.45, 2.75) is 38.8 Å². The molecule has 0 aromatic rings. The predicted molar refractivity (Wildman–Crippen MR) is 58.3 cm³/mol. The molecule has 5 atom stereocenters. The standard InChI is InChI=1S/C12H18N2O2/c1-7(16-8(2)15)11-4-9-3-10(5-13)12(11)14-6-9/h7,9-12,14H,3-4,6H2,1-2H3/t7-,9+,10-,11+,12+/m1/s1. The highest BCUT2D eigenvalue weighted by atomic mass is 16.5. The van der Waals surface area contributed by atoms with Crippen LogP contribution in [0.2, 0.25) is 0 Å². The molecule has 4 nitrogen and oxygen atoms in total. The Balaban J connectivity index is 2.05. The van der Waals surface area contributed by atoms with E-state index in [0.29, 0.717) is 11.8 Å². The third-order valence-electron chi connectivity index (χ3n) is 3.85. The minimum absolute atomic E-state index is 0.0792. The first-order valence-corrected chi connectivity index (χ1v) is 5.92. The molecule has 4 heteroatoms. The normalized spacial score (nSPS) is 38.8. The van der Waals surface area contributed by atoms with Crippen LogP contribution in [0.15, 0.2) is 0 Å². The molecule has 0 amide bonds. The monoisotopic (exact) mass is 222 g/mol. The smallest absolute Gasteiger partial charge is 0.302 e. The number of nitrogens with one attached hydrogen (secondary N) is 1. The van der Waals surface area contributed by atoms with E-state index in [4.69, 9.17) is 10.00 Å². The van der Waals surface area contributed by atoms with Gasteiger partial charge in [0.25, 0.3) is 0 Å². The van der Waals surface area contributed by atoms with Crippen molar-refractivity contribution in [2.24, 2.45) is 17.8 Å². The van der Waals surface area contributed by atoms with Crippen molar-refractivity contribution in [1.82, 2.24) is 5.32 Å². The minimum Gasteiger partial charge on any atom is -0.463 e. The van der Waals surface area contributed by atoms with E-state index in [0.717, 1.165) is 19.4 Å². The predicted octanol–water partition coefficient (Wildman–Crippen LogP) is 1.08. The van der Waals surface area contributed by atoms with Crippen molar-refractivity contribution in [3.63, 3.8) is 0 Å². The first kappa shape index (κ1) is 11.4. The summed E-state index contributed by atoms with van der Waals surface area (Å²) in [4.78, 5) is 10.9. The average Bonchev–Trinajstić information content (AvgIpc) is 2.28. The minimum atomic E-state index is -0.234. The molecule has 0 aromatic carbocycles. The lowest BCUT2D eigenvalue weighted by molar-refractivity contribution is -0.150. The molecular weight excluding hydrogens is 204 g/mol. The van der Waals surface area contributed by atoms with Crippen LogP contribution in [0.1, 0.15) is 26.7 Å². The number of carbonyl (C=O) groups is 1. The molecular formula is C12H18N2O2. The Labute approximate surface area is 96.0 Å². The molecule has 3 rings (SSSR count). The van der Waals surface area contributed by atoms with E-state index in [1.807, 2.05) is 6.92 Å². The molecule has 1 aliphatic carbocycles. The van der Waals surface area contributed by atoms with Gasteiger partial charge in [-0.2, -0.15) is 5.26 Å². The van der Waals surface area contributed by atoms with E-state index >= 15 is 0 Å². The molecule has 2 aliphatic heterocycles. The van der Waals surface area contributed by atoms with Gasteiger partial charge in [-0.15, -0.1) is 0 Å². The van der Waals surface area contributed by atoms with E-state index < -0.39 is 0 Å². The second-order valence-corrected chi connectivity index (χ2v) is 4.99. The lowest BCUT2D eigenvalue weighted by Crippen LogP contribution is -2.58. The summed E-state index contributed by atoms with van der Waals surface area (Å²) in [6.45, 7) is 4.38. The van der Waals surface area contributed by atoms with E-state index in [2.05, 4.69) is 11.4 Å². The number of hydrogen-bond donors (Lipinski definition) is 1. The van der Waals surface area contributed by atoms with Crippen LogP contribution in [0.5, 0.6) is 0 Å². The number of esters is 1. The average molecular weight is 222 g/mol. The molecule has 88 valence electrons. The van der Waals surface area contributed by atoms with Crippen LogP contribution in [0.4, 0.5) is 0 Å². The van der Waals surface area contributed by atoms with Gasteiger partial charge >= 0.3 is 5.97 Å². The summed E-state index contributed by atoms with van der Waals surface area (Å²) in [5.74, 6) is 0.705. The van der Waals surface area contributed by atoms with Crippen LogP contribution in [0.3, 0.4) is 0 Å². The fourth-order valence-electron chi connectivity index (χ4n) is 3.16. The first-order valence-electron chi connectivity index (χ1n) is 5.92. The lowest BCUT2D eigenvalue weighted by Gasteiger charge is -2.47. The Morgan fingerprint density at radius 2 is 2.31 bits per heavy atom. The van der Waals surface area contributed by atoms with Gasteiger partial charge in [0, 0.05) is 18.9 Å². The van der Waals surface area contributed by atoms with Gasteiger partial charge in [0.1, 0.15) is 6.10 Å². The topological polar surface area (TPSA) is 62.1 Å². The van der Waals surface area contributed by atoms with E-state index in [1.54, 1.807) is 0 Å². The van der Waals surface area contributed by atoms with Gasteiger partial charge in [0.15, 0.2) is 0 Å². The maximum absolute atomic E-state index is 10.9. The SMILES string of the molecule is CC(=O)O[C@H](C)[C@@H]1C[C@H]2CN[C@H]1[C@@H](C#N)C2. The number of piperidine rings is 2. The van der Waals surface area contributed by atoms with Gasteiger partial charge in [0.05, 0.1) is 12.0 Å². The van der Waals surface area contributed by atoms with Crippen LogP contribution >= 0.6 is 0 Å². The Morgan fingerprint density at radius 3 is 2.88 bits per heavy atom. The van der Waals surface area contributed by atoms with Crippen molar-refractivity contribution in [2.75, 3.05) is 6.54 Å². The number of nitrogens with zero attached hydrogens (tertiary/aromatic N) is 1. The van der Waals surface area contributed by atoms with Gasteiger partial charge in [0.2, 0.25) is 0 Å². The summed E-state index contributed by atoms with van der Waals surface area (Å²) in [6, 6.07) is 2.57. The van der Waals surface area contributed by atoms with Crippen molar-refractivity contribution >= 4 is 5.97 Å². The Morgan fingerprint density at radius 1 is 1.56 bits per heavy atom. The van der Waals surface area contributed by atoms with Crippen LogP contribution in [-0.4, -0.2) is 24.7 Å². The second-order valence-electron chi connectivity index (χ2n) is 4.99. The maximum Gasteiger partial charge on any atom is 0.302 e. The van der Waals surface area contributed by atoms with Gasteiger partial charge in [-0.25, -0.2) is 0 Å². The van der Waals surface area contributed by atoms with Crippen molar-refractivity contribution in [3.8, 4) is 6.07 Å². The molecule has 0 unspecified atom stereocenters. The Kier molecular flexibility index (Phi) is 3.15. The highest BCUT2D eigenvalue weighted by molar-refractivity contribution is 5.66. The number of ether oxygens (including phenoxy) is 1. The highest BCUT2D eigenvalue weighted by Gasteiger charge is 2.45. The van der Waals surface area contributed by atoms with Crippen LogP contribution in [0.25, 0.3) is 0 Å². The molecule has 2 bridgehead atoms. The molecule has 2 heterocycles. The quantitative estimate of drug-likeness (QED) is 0.710. The molecule has 3 aliphatic rings. The largest absolute Gasteiger partial charge is 0.463 e. The summed E-state index contributed by atoms with van der Waals surface area (Å²) in [6.07, 6.45) is 1.98. The van der Waals surface area contributed by atoms with E-state index in [-0.39, 0.29) is 24.0 Å². The summed E-state index contributed by atoms with van der Waals surface area (Å²) in [5.41, 5.74) is 0. The van der Waals surface area contributed by atoms with Crippen molar-refractivity contribution in [3.05, 3.63) is 0 Å². The van der Waals surface area contributed by atoms with Gasteiger partial charge in [-0.05, 0) is 32.2 Å². The third-order valence-corrected chi connectivity index (χ3v) is 3.85. The van der Waals surface area contributed by atoms with E-state index in [1.165, 1.54) is 6.92 Å². The number of fused-ring (bicyclic) bond motifs is 3. The van der Waals surface area contributed by atoms with Gasteiger partial charge in [-0.1, -0.05) is 0 Å². The fourth-order valence-corrected chi connectivity index (χ4v) is 3.16. The number of nitriles is 1. The summed E-state index contributed by atoms with van der Waals surface area (Å²) in [5, 5.41) is 12.5. The number of hydrogen-bond acceptors (Lipinski definition) is 4. The van der Waals surface area contributed by atoms with Crippen LogP contribution < -0.4 is 5.32 Å². The molecule has 3 fully saturated rings. The number of carbonyl (C=O) groups excluding carboxylic acids is 1. The van der Waals surface area contributed by atoms with Gasteiger partial charge < -0.3 is 10.1 Å². The number of rotatable bonds is 2. The Bertz CT molecular complexity index is 323. The third kappa shape index (κ3) is 2.05. The zero-order valence-corrected chi connectivity index (χ0v) is 9.77. The zero-order valence-electron chi connectivity index (χ0n) is 9.77. The lowest BCUT2D eigenvalue weighted by atomic mass is 9.67. The van der Waals surface area contributed by atoms with E-state index in [9.17, 15) is 4.79 Å². The first-order chi connectivity index (χ1) is 7.61. The highest BCUT2D eigenvalue weighted by Crippen LogP contribution is 2.39. The second kappa shape index (κ2) is 4.42.